The smallest absolute Gasteiger partial charge is 0.124 e. The maximum absolute atomic E-state index is 9.26. The summed E-state index contributed by atoms with van der Waals surface area (Å²) in [6.07, 6.45) is 3.83. The first-order chi connectivity index (χ1) is 9.93. The van der Waals surface area contributed by atoms with Crippen molar-refractivity contribution in [2.75, 3.05) is 7.11 Å². The highest BCUT2D eigenvalue weighted by atomic mass is 16.5. The zero-order valence-electron chi connectivity index (χ0n) is 13.7. The van der Waals surface area contributed by atoms with E-state index in [-0.39, 0.29) is 6.61 Å². The third-order valence-electron chi connectivity index (χ3n) is 4.35. The molecule has 0 amide bonds. The van der Waals surface area contributed by atoms with Crippen LogP contribution in [0.25, 0.3) is 0 Å². The van der Waals surface area contributed by atoms with Crippen LogP contribution < -0.4 is 4.74 Å². The SMILES string of the molecule is COc1ccc(CO)cc1COC1CC(C)CC(C)(C)C1. The highest BCUT2D eigenvalue weighted by molar-refractivity contribution is 5.36. The van der Waals surface area contributed by atoms with Crippen molar-refractivity contribution in [2.24, 2.45) is 11.3 Å². The van der Waals surface area contributed by atoms with Crippen molar-refractivity contribution in [1.29, 1.82) is 0 Å². The summed E-state index contributed by atoms with van der Waals surface area (Å²) in [5.41, 5.74) is 2.27. The first-order valence-corrected chi connectivity index (χ1v) is 7.82. The normalized spacial score (nSPS) is 24.8. The van der Waals surface area contributed by atoms with Crippen molar-refractivity contribution in [3.05, 3.63) is 29.3 Å². The number of aliphatic hydroxyl groups excluding tert-OH is 1. The molecule has 0 aliphatic heterocycles. The van der Waals surface area contributed by atoms with E-state index in [1.54, 1.807) is 7.11 Å². The van der Waals surface area contributed by atoms with Gasteiger partial charge >= 0.3 is 0 Å². The summed E-state index contributed by atoms with van der Waals surface area (Å²) in [6, 6.07) is 5.75. The third kappa shape index (κ3) is 4.45. The second-order valence-electron chi connectivity index (χ2n) is 7.15. The summed E-state index contributed by atoms with van der Waals surface area (Å²) < 4.78 is 11.5. The van der Waals surface area contributed by atoms with Gasteiger partial charge in [-0.25, -0.2) is 0 Å². The summed E-state index contributed by atoms with van der Waals surface area (Å²) in [6.45, 7) is 7.55. The van der Waals surface area contributed by atoms with Gasteiger partial charge in [-0.3, -0.25) is 0 Å². The van der Waals surface area contributed by atoms with Crippen LogP contribution in [-0.2, 0) is 18.0 Å². The molecule has 2 rings (SSSR count). The standard InChI is InChI=1S/C18H28O3/c1-13-7-16(10-18(2,3)9-13)21-12-15-8-14(11-19)5-6-17(15)20-4/h5-6,8,13,16,19H,7,9-12H2,1-4H3. The van der Waals surface area contributed by atoms with Crippen molar-refractivity contribution in [2.45, 2.75) is 59.4 Å². The predicted molar refractivity (Wildman–Crippen MR) is 84.3 cm³/mol. The van der Waals surface area contributed by atoms with Crippen LogP contribution in [-0.4, -0.2) is 18.3 Å². The Balaban J connectivity index is 2.02. The molecule has 0 spiro atoms. The van der Waals surface area contributed by atoms with Crippen LogP contribution in [0.5, 0.6) is 5.75 Å². The molecule has 1 aliphatic carbocycles. The van der Waals surface area contributed by atoms with Gasteiger partial charge in [0, 0.05) is 5.56 Å². The summed E-state index contributed by atoms with van der Waals surface area (Å²) in [5, 5.41) is 9.26. The van der Waals surface area contributed by atoms with Gasteiger partial charge in [0.2, 0.25) is 0 Å². The van der Waals surface area contributed by atoms with E-state index in [0.29, 0.717) is 24.0 Å². The minimum Gasteiger partial charge on any atom is -0.496 e. The summed E-state index contributed by atoms with van der Waals surface area (Å²) in [4.78, 5) is 0. The van der Waals surface area contributed by atoms with E-state index in [9.17, 15) is 5.11 Å². The van der Waals surface area contributed by atoms with Gasteiger partial charge in [0.05, 0.1) is 26.4 Å². The average molecular weight is 292 g/mol. The zero-order chi connectivity index (χ0) is 15.5. The van der Waals surface area contributed by atoms with E-state index in [1.165, 1.54) is 6.42 Å². The first-order valence-electron chi connectivity index (χ1n) is 7.82. The molecule has 3 nitrogen and oxygen atoms in total. The van der Waals surface area contributed by atoms with E-state index in [2.05, 4.69) is 20.8 Å². The van der Waals surface area contributed by atoms with Gasteiger partial charge in [-0.1, -0.05) is 26.8 Å². The fraction of sp³-hybridized carbons (Fsp3) is 0.667. The molecule has 21 heavy (non-hydrogen) atoms. The Labute approximate surface area is 128 Å². The lowest BCUT2D eigenvalue weighted by Crippen LogP contribution is -2.32. The third-order valence-corrected chi connectivity index (χ3v) is 4.35. The second kappa shape index (κ2) is 6.80. The molecule has 1 fully saturated rings. The van der Waals surface area contributed by atoms with E-state index in [1.807, 2.05) is 18.2 Å². The van der Waals surface area contributed by atoms with Crippen molar-refractivity contribution in [3.63, 3.8) is 0 Å². The number of hydrogen-bond donors (Lipinski definition) is 1. The number of benzene rings is 1. The molecule has 1 aromatic rings. The van der Waals surface area contributed by atoms with E-state index in [4.69, 9.17) is 9.47 Å². The Morgan fingerprint density at radius 1 is 1.29 bits per heavy atom. The van der Waals surface area contributed by atoms with Gasteiger partial charge in [-0.15, -0.1) is 0 Å². The van der Waals surface area contributed by atoms with Crippen LogP contribution in [0.15, 0.2) is 18.2 Å². The molecule has 1 N–H and O–H groups in total. The molecule has 0 radical (unpaired) electrons. The van der Waals surface area contributed by atoms with Crippen molar-refractivity contribution < 1.29 is 14.6 Å². The number of ether oxygens (including phenoxy) is 2. The molecule has 0 saturated heterocycles. The lowest BCUT2D eigenvalue weighted by molar-refractivity contribution is -0.0321. The number of hydrogen-bond acceptors (Lipinski definition) is 3. The van der Waals surface area contributed by atoms with Crippen LogP contribution in [0.3, 0.4) is 0 Å². The van der Waals surface area contributed by atoms with Gasteiger partial charge < -0.3 is 14.6 Å². The van der Waals surface area contributed by atoms with E-state index >= 15 is 0 Å². The molecule has 1 saturated carbocycles. The summed E-state index contributed by atoms with van der Waals surface area (Å²) in [5.74, 6) is 1.54. The van der Waals surface area contributed by atoms with Crippen molar-refractivity contribution in [1.82, 2.24) is 0 Å². The molecule has 0 heterocycles. The minimum absolute atomic E-state index is 0.0461. The summed E-state index contributed by atoms with van der Waals surface area (Å²) in [7, 11) is 1.67. The molecule has 3 heteroatoms. The Morgan fingerprint density at radius 2 is 2.05 bits per heavy atom. The van der Waals surface area contributed by atoms with Gasteiger partial charge in [-0.05, 0) is 48.3 Å². The van der Waals surface area contributed by atoms with Crippen LogP contribution in [0.2, 0.25) is 0 Å². The highest BCUT2D eigenvalue weighted by Gasteiger charge is 2.32. The van der Waals surface area contributed by atoms with Gasteiger partial charge in [0.1, 0.15) is 5.75 Å². The molecule has 0 aromatic heterocycles. The van der Waals surface area contributed by atoms with Crippen molar-refractivity contribution >= 4 is 0 Å². The number of aliphatic hydroxyl groups is 1. The monoisotopic (exact) mass is 292 g/mol. The second-order valence-corrected chi connectivity index (χ2v) is 7.15. The Morgan fingerprint density at radius 3 is 2.67 bits per heavy atom. The lowest BCUT2D eigenvalue weighted by atomic mass is 9.71. The fourth-order valence-electron chi connectivity index (χ4n) is 3.64. The average Bonchev–Trinajstić information content (AvgIpc) is 2.42. The molecule has 0 bridgehead atoms. The van der Waals surface area contributed by atoms with Gasteiger partial charge in [-0.2, -0.15) is 0 Å². The van der Waals surface area contributed by atoms with Crippen LogP contribution >= 0.6 is 0 Å². The summed E-state index contributed by atoms with van der Waals surface area (Å²) >= 11 is 0. The van der Waals surface area contributed by atoms with E-state index in [0.717, 1.165) is 29.7 Å². The topological polar surface area (TPSA) is 38.7 Å². The van der Waals surface area contributed by atoms with Gasteiger partial charge in [0.25, 0.3) is 0 Å². The van der Waals surface area contributed by atoms with Crippen LogP contribution in [0.4, 0.5) is 0 Å². The maximum atomic E-state index is 9.26. The largest absolute Gasteiger partial charge is 0.496 e. The molecule has 2 atom stereocenters. The molecular weight excluding hydrogens is 264 g/mol. The van der Waals surface area contributed by atoms with Crippen LogP contribution in [0, 0.1) is 11.3 Å². The number of methoxy groups -OCH3 is 1. The molecule has 1 aromatic carbocycles. The Kier molecular flexibility index (Phi) is 5.28. The first kappa shape index (κ1) is 16.3. The fourth-order valence-corrected chi connectivity index (χ4v) is 3.64. The highest BCUT2D eigenvalue weighted by Crippen LogP contribution is 2.40. The van der Waals surface area contributed by atoms with Crippen LogP contribution in [0.1, 0.15) is 51.2 Å². The molecule has 118 valence electrons. The van der Waals surface area contributed by atoms with E-state index < -0.39 is 0 Å². The molecule has 1 aliphatic rings. The predicted octanol–water partition coefficient (Wildman–Crippen LogP) is 3.92. The Bertz CT molecular complexity index is 468. The van der Waals surface area contributed by atoms with Crippen molar-refractivity contribution in [3.8, 4) is 5.75 Å². The minimum atomic E-state index is 0.0461. The lowest BCUT2D eigenvalue weighted by Gasteiger charge is -2.38. The molecular formula is C18H28O3. The maximum Gasteiger partial charge on any atom is 0.124 e. The number of rotatable bonds is 5. The van der Waals surface area contributed by atoms with Gasteiger partial charge in [0.15, 0.2) is 0 Å². The Hall–Kier alpha value is -1.06. The zero-order valence-corrected chi connectivity index (χ0v) is 13.7. The molecule has 2 unspecified atom stereocenters. The quantitative estimate of drug-likeness (QED) is 0.894.